The number of nitrogens with zero attached hydrogens (tertiary/aromatic N) is 1. The van der Waals surface area contributed by atoms with E-state index in [-0.39, 0.29) is 5.69 Å². The number of nitrogens with one attached hydrogen (secondary N) is 2. The molecule has 0 aromatic carbocycles. The summed E-state index contributed by atoms with van der Waals surface area (Å²) < 4.78 is 38.2. The predicted octanol–water partition coefficient (Wildman–Crippen LogP) is 3.44. The van der Waals surface area contributed by atoms with E-state index < -0.39 is 23.3 Å². The fourth-order valence-electron chi connectivity index (χ4n) is 3.72. The van der Waals surface area contributed by atoms with Gasteiger partial charge in [0.25, 0.3) is 5.56 Å². The van der Waals surface area contributed by atoms with Crippen LogP contribution in [0.5, 0.6) is 0 Å². The molecule has 0 unspecified atom stereocenters. The fraction of sp³-hybridized carbons (Fsp3) is 0.625. The van der Waals surface area contributed by atoms with Gasteiger partial charge in [0.2, 0.25) is 0 Å². The molecule has 24 heavy (non-hydrogen) atoms. The van der Waals surface area contributed by atoms with E-state index in [1.165, 1.54) is 12.8 Å². The third-order valence-corrected chi connectivity index (χ3v) is 5.05. The summed E-state index contributed by atoms with van der Waals surface area (Å²) in [6.45, 7) is 1.18. The molecule has 8 heteroatoms. The van der Waals surface area contributed by atoms with E-state index in [4.69, 9.17) is 0 Å². The first-order valence-corrected chi connectivity index (χ1v) is 8.20. The molecular formula is C16H20F3N3O2. The Morgan fingerprint density at radius 2 is 1.92 bits per heavy atom. The van der Waals surface area contributed by atoms with Crippen LogP contribution in [-0.2, 0) is 6.18 Å². The van der Waals surface area contributed by atoms with E-state index in [1.54, 1.807) is 4.90 Å². The number of alkyl halides is 3. The van der Waals surface area contributed by atoms with Crippen LogP contribution in [0.15, 0.2) is 17.1 Å². The number of carbonyl (C=O) groups is 1. The van der Waals surface area contributed by atoms with Crippen LogP contribution in [0.4, 0.5) is 23.7 Å². The first kappa shape index (κ1) is 16.9. The van der Waals surface area contributed by atoms with Crippen LogP contribution < -0.4 is 10.9 Å². The number of fused-ring (bicyclic) bond motifs is 1. The van der Waals surface area contributed by atoms with Gasteiger partial charge in [0.05, 0.1) is 5.56 Å². The minimum absolute atomic E-state index is 0.374. The van der Waals surface area contributed by atoms with Crippen molar-refractivity contribution in [1.82, 2.24) is 9.88 Å². The third kappa shape index (κ3) is 3.57. The zero-order valence-corrected chi connectivity index (χ0v) is 13.2. The van der Waals surface area contributed by atoms with Crippen molar-refractivity contribution >= 4 is 11.7 Å². The van der Waals surface area contributed by atoms with Crippen molar-refractivity contribution in [3.05, 3.63) is 28.2 Å². The number of urea groups is 1. The van der Waals surface area contributed by atoms with Crippen molar-refractivity contribution in [2.75, 3.05) is 18.4 Å². The molecule has 2 amide bonds. The molecule has 1 aromatic heterocycles. The van der Waals surface area contributed by atoms with E-state index in [2.05, 4.69) is 5.32 Å². The highest BCUT2D eigenvalue weighted by molar-refractivity contribution is 5.89. The lowest BCUT2D eigenvalue weighted by molar-refractivity contribution is -0.137. The predicted molar refractivity (Wildman–Crippen MR) is 82.7 cm³/mol. The minimum atomic E-state index is -4.58. The highest BCUT2D eigenvalue weighted by atomic mass is 19.4. The normalized spacial score (nSPS) is 24.4. The highest BCUT2D eigenvalue weighted by Crippen LogP contribution is 2.36. The Labute approximate surface area is 137 Å². The molecule has 2 aliphatic rings. The number of halogens is 3. The Morgan fingerprint density at radius 1 is 1.21 bits per heavy atom. The number of pyridine rings is 1. The molecule has 0 bridgehead atoms. The first-order chi connectivity index (χ1) is 11.3. The van der Waals surface area contributed by atoms with Gasteiger partial charge in [0.15, 0.2) is 0 Å². The molecule has 1 aromatic rings. The summed E-state index contributed by atoms with van der Waals surface area (Å²) in [6, 6.07) is 0.160. The summed E-state index contributed by atoms with van der Waals surface area (Å²) in [4.78, 5) is 27.6. The Bertz CT molecular complexity index is 671. The molecule has 2 fully saturated rings. The van der Waals surface area contributed by atoms with Crippen LogP contribution >= 0.6 is 0 Å². The lowest BCUT2D eigenvalue weighted by atomic mass is 9.75. The second-order valence-electron chi connectivity index (χ2n) is 6.60. The lowest BCUT2D eigenvalue weighted by Crippen LogP contribution is -2.46. The van der Waals surface area contributed by atoms with Crippen molar-refractivity contribution in [2.45, 2.75) is 38.3 Å². The molecule has 2 N–H and O–H groups in total. The van der Waals surface area contributed by atoms with Crippen LogP contribution in [0, 0.1) is 11.8 Å². The maximum atomic E-state index is 12.7. The lowest BCUT2D eigenvalue weighted by Gasteiger charge is -2.41. The van der Waals surface area contributed by atoms with Crippen molar-refractivity contribution in [3.8, 4) is 0 Å². The Kier molecular flexibility index (Phi) is 4.56. The Morgan fingerprint density at radius 3 is 2.62 bits per heavy atom. The number of piperidine rings is 1. The van der Waals surface area contributed by atoms with E-state index in [1.807, 2.05) is 4.98 Å². The summed E-state index contributed by atoms with van der Waals surface area (Å²) >= 11 is 0. The molecule has 3 rings (SSSR count). The molecule has 5 nitrogen and oxygen atoms in total. The van der Waals surface area contributed by atoms with Gasteiger partial charge in [0.1, 0.15) is 5.69 Å². The van der Waals surface area contributed by atoms with Crippen molar-refractivity contribution in [2.24, 2.45) is 11.8 Å². The average Bonchev–Trinajstić information content (AvgIpc) is 2.55. The standard InChI is InChI=1S/C16H20F3N3O2/c17-16(18,19)12-7-13(14(23)20-8-12)21-15(24)22-6-5-10-3-1-2-4-11(10)9-22/h7-8,10-11H,1-6,9H2,(H,20,23)(H,21,24)/t10-,11+/m0/s1. The summed E-state index contributed by atoms with van der Waals surface area (Å²) in [7, 11) is 0. The molecule has 1 aliphatic heterocycles. The van der Waals surface area contributed by atoms with Gasteiger partial charge in [-0.25, -0.2) is 4.79 Å². The highest BCUT2D eigenvalue weighted by Gasteiger charge is 2.34. The molecule has 0 spiro atoms. The van der Waals surface area contributed by atoms with Gasteiger partial charge in [-0.2, -0.15) is 13.2 Å². The summed E-state index contributed by atoms with van der Waals surface area (Å²) in [5, 5.41) is 2.33. The summed E-state index contributed by atoms with van der Waals surface area (Å²) in [5.74, 6) is 1.10. The molecule has 1 saturated heterocycles. The monoisotopic (exact) mass is 343 g/mol. The van der Waals surface area contributed by atoms with E-state index in [0.717, 1.165) is 19.3 Å². The van der Waals surface area contributed by atoms with Crippen LogP contribution in [-0.4, -0.2) is 29.0 Å². The number of anilines is 1. The molecule has 1 saturated carbocycles. The quantitative estimate of drug-likeness (QED) is 0.820. The maximum absolute atomic E-state index is 12.7. The average molecular weight is 343 g/mol. The van der Waals surface area contributed by atoms with Crippen molar-refractivity contribution < 1.29 is 18.0 Å². The van der Waals surface area contributed by atoms with Crippen molar-refractivity contribution in [1.29, 1.82) is 0 Å². The van der Waals surface area contributed by atoms with Gasteiger partial charge in [-0.3, -0.25) is 4.79 Å². The van der Waals surface area contributed by atoms with Crippen LogP contribution in [0.1, 0.15) is 37.7 Å². The number of likely N-dealkylation sites (tertiary alicyclic amines) is 1. The SMILES string of the molecule is O=C(Nc1cc(C(F)(F)F)c[nH]c1=O)N1CC[C@@H]2CCCC[C@@H]2C1. The minimum Gasteiger partial charge on any atom is -0.327 e. The number of hydrogen-bond donors (Lipinski definition) is 2. The zero-order chi connectivity index (χ0) is 17.3. The molecular weight excluding hydrogens is 323 g/mol. The van der Waals surface area contributed by atoms with Gasteiger partial charge in [-0.1, -0.05) is 19.3 Å². The van der Waals surface area contributed by atoms with Gasteiger partial charge < -0.3 is 15.2 Å². The Hall–Kier alpha value is -1.99. The first-order valence-electron chi connectivity index (χ1n) is 8.20. The number of aromatic nitrogens is 1. The fourth-order valence-corrected chi connectivity index (χ4v) is 3.72. The van der Waals surface area contributed by atoms with Gasteiger partial charge in [-0.05, 0) is 30.7 Å². The van der Waals surface area contributed by atoms with E-state index in [0.29, 0.717) is 37.2 Å². The van der Waals surface area contributed by atoms with Gasteiger partial charge in [-0.15, -0.1) is 0 Å². The van der Waals surface area contributed by atoms with Crippen LogP contribution in [0.3, 0.4) is 0 Å². The second kappa shape index (κ2) is 6.49. The largest absolute Gasteiger partial charge is 0.417 e. The number of amides is 2. The molecule has 2 atom stereocenters. The van der Waals surface area contributed by atoms with E-state index in [9.17, 15) is 22.8 Å². The smallest absolute Gasteiger partial charge is 0.327 e. The number of aromatic amines is 1. The number of hydrogen-bond acceptors (Lipinski definition) is 2. The second-order valence-corrected chi connectivity index (χ2v) is 6.60. The molecule has 132 valence electrons. The topological polar surface area (TPSA) is 65.2 Å². The van der Waals surface area contributed by atoms with E-state index >= 15 is 0 Å². The van der Waals surface area contributed by atoms with Crippen LogP contribution in [0.2, 0.25) is 0 Å². The number of rotatable bonds is 1. The van der Waals surface area contributed by atoms with Gasteiger partial charge in [0, 0.05) is 19.3 Å². The maximum Gasteiger partial charge on any atom is 0.417 e. The third-order valence-electron chi connectivity index (χ3n) is 5.05. The molecule has 1 aliphatic carbocycles. The van der Waals surface area contributed by atoms with Gasteiger partial charge >= 0.3 is 12.2 Å². The zero-order valence-electron chi connectivity index (χ0n) is 13.2. The summed E-state index contributed by atoms with van der Waals surface area (Å²) in [5.41, 5.74) is -2.12. The van der Waals surface area contributed by atoms with Crippen molar-refractivity contribution in [3.63, 3.8) is 0 Å². The number of carbonyl (C=O) groups excluding carboxylic acids is 1. The molecule has 2 heterocycles. The number of H-pyrrole nitrogens is 1. The van der Waals surface area contributed by atoms with Crippen LogP contribution in [0.25, 0.3) is 0 Å². The Balaban J connectivity index is 1.70. The summed E-state index contributed by atoms with van der Waals surface area (Å²) in [6.07, 6.45) is 1.59. The molecule has 0 radical (unpaired) electrons.